The molecule has 0 heterocycles. The van der Waals surface area contributed by atoms with Gasteiger partial charge in [0, 0.05) is 16.3 Å². The molecule has 4 nitrogen and oxygen atoms in total. The number of rotatable bonds is 4. The van der Waals surface area contributed by atoms with Gasteiger partial charge in [-0.2, -0.15) is 0 Å². The lowest BCUT2D eigenvalue weighted by molar-refractivity contribution is 0.163. The molecule has 0 fully saturated rings. The number of nitrogens with one attached hydrogen (secondary N) is 2. The number of aliphatic hydroxyl groups excluding tert-OH is 1. The third-order valence-electron chi connectivity index (χ3n) is 2.76. The predicted octanol–water partition coefficient (Wildman–Crippen LogP) is 3.33. The molecule has 0 aliphatic carbocycles. The van der Waals surface area contributed by atoms with Crippen LogP contribution in [0.1, 0.15) is 11.8 Å². The molecule has 2 rings (SSSR count). The van der Waals surface area contributed by atoms with E-state index in [0.717, 1.165) is 5.69 Å². The summed E-state index contributed by atoms with van der Waals surface area (Å²) in [5.74, 6) is 0.669. The SMILES string of the molecule is COc1cccc(C(O)NC(=S)Nc2cccc(Cl)c2)c1. The number of benzene rings is 2. The molecule has 2 aromatic carbocycles. The van der Waals surface area contributed by atoms with Gasteiger partial charge in [-0.25, -0.2) is 0 Å². The quantitative estimate of drug-likeness (QED) is 0.595. The van der Waals surface area contributed by atoms with Crippen molar-refractivity contribution in [1.29, 1.82) is 0 Å². The maximum absolute atomic E-state index is 10.1. The highest BCUT2D eigenvalue weighted by atomic mass is 35.5. The van der Waals surface area contributed by atoms with Gasteiger partial charge in [-0.05, 0) is 42.5 Å². The van der Waals surface area contributed by atoms with Crippen LogP contribution in [0.3, 0.4) is 0 Å². The molecule has 0 bridgehead atoms. The Bertz CT molecular complexity index is 637. The van der Waals surface area contributed by atoms with E-state index in [0.29, 0.717) is 21.4 Å². The maximum Gasteiger partial charge on any atom is 0.173 e. The number of ether oxygens (including phenoxy) is 1. The second-order valence-electron chi connectivity index (χ2n) is 4.29. The van der Waals surface area contributed by atoms with Gasteiger partial charge in [-0.1, -0.05) is 29.8 Å². The second-order valence-corrected chi connectivity index (χ2v) is 5.13. The third-order valence-corrected chi connectivity index (χ3v) is 3.21. The first kappa shape index (κ1) is 15.6. The highest BCUT2D eigenvalue weighted by Gasteiger charge is 2.09. The van der Waals surface area contributed by atoms with Crippen molar-refractivity contribution in [3.63, 3.8) is 0 Å². The van der Waals surface area contributed by atoms with Crippen LogP contribution < -0.4 is 15.4 Å². The van der Waals surface area contributed by atoms with Gasteiger partial charge >= 0.3 is 0 Å². The Balaban J connectivity index is 1.98. The number of methoxy groups -OCH3 is 1. The van der Waals surface area contributed by atoms with Gasteiger partial charge in [0.15, 0.2) is 11.3 Å². The van der Waals surface area contributed by atoms with Crippen LogP contribution in [0.4, 0.5) is 5.69 Å². The van der Waals surface area contributed by atoms with Crippen LogP contribution in [0.25, 0.3) is 0 Å². The van der Waals surface area contributed by atoms with E-state index < -0.39 is 6.23 Å². The molecule has 0 amide bonds. The molecule has 0 radical (unpaired) electrons. The van der Waals surface area contributed by atoms with Crippen molar-refractivity contribution in [2.24, 2.45) is 0 Å². The number of anilines is 1. The lowest BCUT2D eigenvalue weighted by Crippen LogP contribution is -2.32. The van der Waals surface area contributed by atoms with E-state index in [1.807, 2.05) is 12.1 Å². The summed E-state index contributed by atoms with van der Waals surface area (Å²) in [5.41, 5.74) is 1.41. The molecular formula is C15H15ClN2O2S. The lowest BCUT2D eigenvalue weighted by Gasteiger charge is -2.17. The van der Waals surface area contributed by atoms with E-state index in [-0.39, 0.29) is 0 Å². The topological polar surface area (TPSA) is 53.5 Å². The normalized spacial score (nSPS) is 11.6. The van der Waals surface area contributed by atoms with Crippen LogP contribution in [0.15, 0.2) is 48.5 Å². The molecule has 0 aliphatic heterocycles. The molecule has 0 aliphatic rings. The zero-order valence-electron chi connectivity index (χ0n) is 11.3. The lowest BCUT2D eigenvalue weighted by atomic mass is 10.2. The zero-order valence-corrected chi connectivity index (χ0v) is 12.9. The average Bonchev–Trinajstić information content (AvgIpc) is 2.47. The Hall–Kier alpha value is -1.82. The Labute approximate surface area is 133 Å². The summed E-state index contributed by atoms with van der Waals surface area (Å²) in [6.07, 6.45) is -0.931. The highest BCUT2D eigenvalue weighted by molar-refractivity contribution is 7.80. The highest BCUT2D eigenvalue weighted by Crippen LogP contribution is 2.18. The monoisotopic (exact) mass is 322 g/mol. The van der Waals surface area contributed by atoms with Crippen molar-refractivity contribution < 1.29 is 9.84 Å². The Kier molecular flexibility index (Phi) is 5.38. The van der Waals surface area contributed by atoms with Crippen LogP contribution in [0, 0.1) is 0 Å². The molecule has 3 N–H and O–H groups in total. The van der Waals surface area contributed by atoms with E-state index in [9.17, 15) is 5.11 Å². The fourth-order valence-electron chi connectivity index (χ4n) is 1.75. The maximum atomic E-state index is 10.1. The predicted molar refractivity (Wildman–Crippen MR) is 88.8 cm³/mol. The summed E-state index contributed by atoms with van der Waals surface area (Å²) in [6.45, 7) is 0. The van der Waals surface area contributed by atoms with E-state index in [1.165, 1.54) is 0 Å². The largest absolute Gasteiger partial charge is 0.497 e. The van der Waals surface area contributed by atoms with Gasteiger partial charge in [0.2, 0.25) is 0 Å². The van der Waals surface area contributed by atoms with Crippen molar-refractivity contribution >= 4 is 34.6 Å². The van der Waals surface area contributed by atoms with Gasteiger partial charge < -0.3 is 20.5 Å². The first-order chi connectivity index (χ1) is 10.1. The fraction of sp³-hybridized carbons (Fsp3) is 0.133. The van der Waals surface area contributed by atoms with Crippen LogP contribution in [-0.2, 0) is 0 Å². The third kappa shape index (κ3) is 4.60. The number of thiocarbonyl (C=S) groups is 1. The molecule has 1 atom stereocenters. The fourth-order valence-corrected chi connectivity index (χ4v) is 2.17. The number of halogens is 1. The van der Waals surface area contributed by atoms with Gasteiger partial charge in [0.1, 0.15) is 5.75 Å². The van der Waals surface area contributed by atoms with Gasteiger partial charge in [0.05, 0.1) is 7.11 Å². The minimum absolute atomic E-state index is 0.299. The molecule has 110 valence electrons. The molecular weight excluding hydrogens is 308 g/mol. The summed E-state index contributed by atoms with van der Waals surface area (Å²) >= 11 is 11.1. The molecule has 1 unspecified atom stereocenters. The summed E-state index contributed by atoms with van der Waals surface area (Å²) in [6, 6.07) is 14.3. The van der Waals surface area contributed by atoms with Gasteiger partial charge in [0.25, 0.3) is 0 Å². The molecule has 0 saturated carbocycles. The molecule has 0 saturated heterocycles. The summed E-state index contributed by atoms with van der Waals surface area (Å²) in [4.78, 5) is 0. The van der Waals surface area contributed by atoms with Crippen molar-refractivity contribution in [2.75, 3.05) is 12.4 Å². The Morgan fingerprint density at radius 2 is 2.00 bits per heavy atom. The zero-order chi connectivity index (χ0) is 15.2. The van der Waals surface area contributed by atoms with Crippen LogP contribution >= 0.6 is 23.8 Å². The van der Waals surface area contributed by atoms with Gasteiger partial charge in [-0.3, -0.25) is 0 Å². The molecule has 21 heavy (non-hydrogen) atoms. The van der Waals surface area contributed by atoms with E-state index >= 15 is 0 Å². The van der Waals surface area contributed by atoms with Crippen molar-refractivity contribution in [1.82, 2.24) is 5.32 Å². The molecule has 6 heteroatoms. The van der Waals surface area contributed by atoms with E-state index in [1.54, 1.807) is 43.5 Å². The first-order valence-corrected chi connectivity index (χ1v) is 7.02. The van der Waals surface area contributed by atoms with Crippen molar-refractivity contribution in [2.45, 2.75) is 6.23 Å². The molecule has 2 aromatic rings. The molecule has 0 spiro atoms. The number of hydrogen-bond donors (Lipinski definition) is 3. The molecule has 0 aromatic heterocycles. The van der Waals surface area contributed by atoms with Crippen LogP contribution in [-0.4, -0.2) is 17.3 Å². The van der Waals surface area contributed by atoms with Gasteiger partial charge in [-0.15, -0.1) is 0 Å². The summed E-state index contributed by atoms with van der Waals surface area (Å²) < 4.78 is 5.12. The standard InChI is InChI=1S/C15H15ClN2O2S/c1-20-13-7-2-4-10(8-13)14(19)18-15(21)17-12-6-3-5-11(16)9-12/h2-9,14,19H,1H3,(H2,17,18,21). The Morgan fingerprint density at radius 3 is 2.71 bits per heavy atom. The van der Waals surface area contributed by atoms with Crippen molar-refractivity contribution in [3.8, 4) is 5.75 Å². The van der Waals surface area contributed by atoms with Crippen LogP contribution in [0.5, 0.6) is 5.75 Å². The minimum Gasteiger partial charge on any atom is -0.497 e. The van der Waals surface area contributed by atoms with E-state index in [2.05, 4.69) is 10.6 Å². The first-order valence-electron chi connectivity index (χ1n) is 6.23. The number of aliphatic hydroxyl groups is 1. The average molecular weight is 323 g/mol. The smallest absolute Gasteiger partial charge is 0.173 e. The van der Waals surface area contributed by atoms with Crippen LogP contribution in [0.2, 0.25) is 5.02 Å². The summed E-state index contributed by atoms with van der Waals surface area (Å²) in [5, 5.41) is 16.8. The minimum atomic E-state index is -0.931. The number of hydrogen-bond acceptors (Lipinski definition) is 3. The second kappa shape index (κ2) is 7.26. The summed E-state index contributed by atoms with van der Waals surface area (Å²) in [7, 11) is 1.57. The Morgan fingerprint density at radius 1 is 1.24 bits per heavy atom. The van der Waals surface area contributed by atoms with E-state index in [4.69, 9.17) is 28.6 Å². The van der Waals surface area contributed by atoms with Crippen molar-refractivity contribution in [3.05, 3.63) is 59.1 Å².